The van der Waals surface area contributed by atoms with Gasteiger partial charge in [-0.2, -0.15) is 0 Å². The van der Waals surface area contributed by atoms with Crippen LogP contribution in [0.2, 0.25) is 0 Å². The van der Waals surface area contributed by atoms with E-state index < -0.39 is 36.0 Å². The number of primary amides is 1. The average molecular weight is 979 g/mol. The van der Waals surface area contributed by atoms with Crippen molar-refractivity contribution in [3.05, 3.63) is 0 Å². The van der Waals surface area contributed by atoms with E-state index in [-0.39, 0.29) is 81.0 Å². The summed E-state index contributed by atoms with van der Waals surface area (Å²) < 4.78 is 32.8. The molecule has 0 spiro atoms. The lowest BCUT2D eigenvalue weighted by Gasteiger charge is -2.28. The molecule has 68 heavy (non-hydrogen) atoms. The molecule has 23 nitrogen and oxygen atoms in total. The van der Waals surface area contributed by atoms with Crippen molar-refractivity contribution in [2.45, 2.75) is 116 Å². The molecule has 0 rings (SSSR count). The second-order valence-electron chi connectivity index (χ2n) is 16.3. The molecule has 398 valence electrons. The zero-order valence-corrected chi connectivity index (χ0v) is 41.7. The highest BCUT2D eigenvalue weighted by Gasteiger charge is 2.31. The van der Waals surface area contributed by atoms with Crippen LogP contribution in [0.1, 0.15) is 91.9 Å². The molecule has 4 unspecified atom stereocenters. The molecule has 6 amide bonds. The number of carbonyl (C=O) groups excluding carboxylic acids is 7. The van der Waals surface area contributed by atoms with Crippen molar-refractivity contribution in [2.24, 2.45) is 34.8 Å². The highest BCUT2D eigenvalue weighted by atomic mass is 16.5. The number of ether oxygens (including phenoxy) is 6. The van der Waals surface area contributed by atoms with Crippen LogP contribution in [0.4, 0.5) is 0 Å². The maximum atomic E-state index is 13.5. The zero-order chi connectivity index (χ0) is 51.2. The number of ketones is 1. The number of nitrogens with one attached hydrogen (secondary N) is 6. The monoisotopic (exact) mass is 979 g/mol. The molecule has 4 atom stereocenters. The van der Waals surface area contributed by atoms with Crippen molar-refractivity contribution in [3.63, 3.8) is 0 Å². The Bertz CT molecular complexity index is 1320. The molecule has 0 aliphatic carbocycles. The highest BCUT2D eigenvalue weighted by molar-refractivity contribution is 5.95. The Balaban J connectivity index is 0. The van der Waals surface area contributed by atoms with Crippen molar-refractivity contribution >= 4 is 41.7 Å². The van der Waals surface area contributed by atoms with Crippen LogP contribution in [0.3, 0.4) is 0 Å². The van der Waals surface area contributed by atoms with Gasteiger partial charge in [0.05, 0.1) is 91.4 Å². The molecule has 0 aliphatic heterocycles. The fourth-order valence-corrected chi connectivity index (χ4v) is 6.03. The van der Waals surface area contributed by atoms with Crippen LogP contribution in [0.5, 0.6) is 0 Å². The summed E-state index contributed by atoms with van der Waals surface area (Å²) in [5.41, 5.74) is 21.1. The van der Waals surface area contributed by atoms with Crippen LogP contribution in [-0.2, 0) is 62.0 Å². The Morgan fingerprint density at radius 1 is 0.515 bits per heavy atom. The van der Waals surface area contributed by atoms with Crippen molar-refractivity contribution < 1.29 is 62.0 Å². The van der Waals surface area contributed by atoms with Crippen LogP contribution >= 0.6 is 0 Å². The Hall–Kier alpha value is -3.91. The van der Waals surface area contributed by atoms with Gasteiger partial charge in [0.1, 0.15) is 12.1 Å². The molecule has 0 aromatic heterocycles. The second-order valence-corrected chi connectivity index (χ2v) is 16.3. The summed E-state index contributed by atoms with van der Waals surface area (Å²) in [6.07, 6.45) is 5.53. The van der Waals surface area contributed by atoms with E-state index >= 15 is 0 Å². The number of carbonyl (C=O) groups is 7. The third-order valence-electron chi connectivity index (χ3n) is 9.85. The van der Waals surface area contributed by atoms with Gasteiger partial charge in [0.2, 0.25) is 35.9 Å². The Morgan fingerprint density at radius 3 is 1.46 bits per heavy atom. The van der Waals surface area contributed by atoms with E-state index in [4.69, 9.17) is 50.4 Å². The molecular formula is C45H90N10O13. The van der Waals surface area contributed by atoms with Gasteiger partial charge in [-0.3, -0.25) is 33.6 Å². The van der Waals surface area contributed by atoms with Gasteiger partial charge in [-0.25, -0.2) is 0 Å². The number of hydrogen-bond donors (Lipinski definition) is 10. The van der Waals surface area contributed by atoms with Crippen molar-refractivity contribution in [1.82, 2.24) is 31.9 Å². The highest BCUT2D eigenvalue weighted by Crippen LogP contribution is 2.10. The van der Waals surface area contributed by atoms with E-state index in [9.17, 15) is 28.8 Å². The van der Waals surface area contributed by atoms with Crippen molar-refractivity contribution in [3.8, 4) is 0 Å². The number of nitrogens with two attached hydrogens (primary N) is 4. The Labute approximate surface area is 404 Å². The summed E-state index contributed by atoms with van der Waals surface area (Å²) in [4.78, 5) is 85.0. The van der Waals surface area contributed by atoms with Gasteiger partial charge in [-0.15, -0.1) is 0 Å². The van der Waals surface area contributed by atoms with Crippen molar-refractivity contribution in [1.29, 1.82) is 0 Å². The van der Waals surface area contributed by atoms with Crippen LogP contribution in [0, 0.1) is 11.8 Å². The first kappa shape index (κ1) is 66.2. The van der Waals surface area contributed by atoms with Gasteiger partial charge in [0.25, 0.3) is 0 Å². The van der Waals surface area contributed by atoms with Gasteiger partial charge in [-0.05, 0) is 77.5 Å². The first-order chi connectivity index (χ1) is 32.7. The van der Waals surface area contributed by atoms with E-state index in [1.165, 1.54) is 0 Å². The van der Waals surface area contributed by atoms with Crippen LogP contribution in [-0.4, -0.2) is 185 Å². The molecule has 0 saturated carbocycles. The Kier molecular flexibility index (Phi) is 45.5. The molecule has 0 fully saturated rings. The fourth-order valence-electron chi connectivity index (χ4n) is 6.03. The van der Waals surface area contributed by atoms with Gasteiger partial charge in [0.15, 0.2) is 5.78 Å². The average Bonchev–Trinajstić information content (AvgIpc) is 3.30. The summed E-state index contributed by atoms with van der Waals surface area (Å²) in [5.74, 6) is -2.26. The predicted octanol–water partition coefficient (Wildman–Crippen LogP) is -1.88. The predicted molar refractivity (Wildman–Crippen MR) is 258 cm³/mol. The summed E-state index contributed by atoms with van der Waals surface area (Å²) in [5, 5.41) is 17.0. The fraction of sp³-hybridized carbons (Fsp3) is 0.844. The number of hydrogen-bond acceptors (Lipinski definition) is 17. The van der Waals surface area contributed by atoms with E-state index in [0.717, 1.165) is 12.8 Å². The van der Waals surface area contributed by atoms with Crippen LogP contribution < -0.4 is 54.8 Å². The maximum absolute atomic E-state index is 13.5. The molecular weight excluding hydrogens is 889 g/mol. The summed E-state index contributed by atoms with van der Waals surface area (Å²) in [7, 11) is 1.82. The summed E-state index contributed by atoms with van der Waals surface area (Å²) in [6, 6.07) is -2.99. The second kappa shape index (κ2) is 46.8. The lowest BCUT2D eigenvalue weighted by atomic mass is 9.96. The normalized spacial score (nSPS) is 12.9. The third-order valence-corrected chi connectivity index (χ3v) is 9.85. The first-order valence-electron chi connectivity index (χ1n) is 24.1. The number of amides is 6. The standard InChI is InChI=1S/C44H87N9O12.CH3NO/c1-33(2)40(44(59)52-36(13-10-18-48-5)41(56)34(3)4)53-43(58)37(12-7-9-17-46)51-39(55)15-22-61-26-30-65-31-27-62-23-19-49-38(54)14-21-60-25-29-64-32-28-63-24-20-50-42(57)35(47)11-6-8-16-45;2-1-3/h33-37,40,48H,6-32,45-47H2,1-5H3,(H,49,54)(H,50,57)(H,51,55)(H,52,59)(H,53,58);1H,(H2,2,3). The Morgan fingerprint density at radius 2 is 0.971 bits per heavy atom. The SMILES string of the molecule is CNCCCC(NC(=O)C(NC(=O)C(CCCCN)NC(=O)CCOCCOCCOCCNC(=O)CCOCCOCCOCCNC(=O)C(N)CCCCN)C(C)C)C(=O)C(C)C.NC=O. The van der Waals surface area contributed by atoms with Crippen molar-refractivity contribution in [2.75, 3.05) is 119 Å². The molecule has 14 N–H and O–H groups in total. The molecule has 0 aromatic rings. The van der Waals surface area contributed by atoms with Crippen LogP contribution in [0.15, 0.2) is 0 Å². The molecule has 0 heterocycles. The third kappa shape index (κ3) is 39.0. The largest absolute Gasteiger partial charge is 0.379 e. The molecule has 23 heteroatoms. The molecule has 0 bridgehead atoms. The zero-order valence-electron chi connectivity index (χ0n) is 41.7. The summed E-state index contributed by atoms with van der Waals surface area (Å²) >= 11 is 0. The number of Topliss-reactive ketones (excluding diaryl/α,β-unsaturated/α-hetero) is 1. The number of unbranched alkanes of at least 4 members (excludes halogenated alkanes) is 2. The lowest BCUT2D eigenvalue weighted by molar-refractivity contribution is -0.135. The van der Waals surface area contributed by atoms with E-state index in [1.54, 1.807) is 13.8 Å². The number of rotatable bonds is 45. The van der Waals surface area contributed by atoms with E-state index in [0.29, 0.717) is 124 Å². The van der Waals surface area contributed by atoms with Gasteiger partial charge in [-0.1, -0.05) is 34.1 Å². The lowest BCUT2D eigenvalue weighted by Crippen LogP contribution is -2.57. The van der Waals surface area contributed by atoms with Gasteiger partial charge in [0, 0.05) is 31.8 Å². The smallest absolute Gasteiger partial charge is 0.243 e. The quantitative estimate of drug-likeness (QED) is 0.0236. The van der Waals surface area contributed by atoms with Gasteiger partial charge < -0.3 is 83.3 Å². The van der Waals surface area contributed by atoms with Gasteiger partial charge >= 0.3 is 0 Å². The summed E-state index contributed by atoms with van der Waals surface area (Å²) in [6.45, 7) is 13.4. The molecule has 0 aromatic carbocycles. The maximum Gasteiger partial charge on any atom is 0.243 e. The topological polar surface area (TPSA) is 351 Å². The molecule has 0 radical (unpaired) electrons. The minimum atomic E-state index is -0.908. The minimum Gasteiger partial charge on any atom is -0.379 e. The van der Waals surface area contributed by atoms with Crippen LogP contribution in [0.25, 0.3) is 0 Å². The minimum absolute atomic E-state index is 0.0185. The molecule has 0 saturated heterocycles. The molecule has 0 aliphatic rings. The first-order valence-corrected chi connectivity index (χ1v) is 24.1. The van der Waals surface area contributed by atoms with E-state index in [1.807, 2.05) is 20.9 Å². The van der Waals surface area contributed by atoms with E-state index in [2.05, 4.69) is 37.6 Å².